The Balaban J connectivity index is 2.49. The molecule has 0 saturated carbocycles. The summed E-state index contributed by atoms with van der Waals surface area (Å²) in [6.45, 7) is 2.22. The molecule has 1 atom stereocenters. The Morgan fingerprint density at radius 2 is 1.94 bits per heavy atom. The van der Waals surface area contributed by atoms with Gasteiger partial charge in [-0.25, -0.2) is 0 Å². The first-order valence-corrected chi connectivity index (χ1v) is 5.33. The summed E-state index contributed by atoms with van der Waals surface area (Å²) in [5, 5.41) is 11.5. The molecule has 0 fully saturated rings. The number of amides is 1. The van der Waals surface area contributed by atoms with E-state index in [0.717, 1.165) is 11.1 Å². The number of aliphatic hydroxyl groups excluding tert-OH is 1. The van der Waals surface area contributed by atoms with Crippen LogP contribution in [0.5, 0.6) is 0 Å². The zero-order valence-corrected chi connectivity index (χ0v) is 9.44. The van der Waals surface area contributed by atoms with Crippen LogP contribution in [0.3, 0.4) is 0 Å². The number of carbonyl (C=O) groups excluding carboxylic acids is 1. The van der Waals surface area contributed by atoms with Crippen molar-refractivity contribution in [1.82, 2.24) is 5.32 Å². The summed E-state index contributed by atoms with van der Waals surface area (Å²) in [6, 6.07) is 7.42. The van der Waals surface area contributed by atoms with E-state index in [1.807, 2.05) is 24.3 Å². The van der Waals surface area contributed by atoms with Gasteiger partial charge in [-0.05, 0) is 18.1 Å². The molecule has 1 aromatic carbocycles. The molecule has 88 valence electrons. The Morgan fingerprint density at radius 1 is 1.38 bits per heavy atom. The fourth-order valence-electron chi connectivity index (χ4n) is 1.35. The molecule has 0 heterocycles. The van der Waals surface area contributed by atoms with Crippen molar-refractivity contribution in [3.63, 3.8) is 0 Å². The molecular weight excluding hydrogens is 204 g/mol. The van der Waals surface area contributed by atoms with Gasteiger partial charge in [0, 0.05) is 12.6 Å². The Hall–Kier alpha value is -1.39. The van der Waals surface area contributed by atoms with Gasteiger partial charge in [0.25, 0.3) is 0 Å². The maximum absolute atomic E-state index is 11.5. The van der Waals surface area contributed by atoms with Gasteiger partial charge in [-0.3, -0.25) is 4.79 Å². The van der Waals surface area contributed by atoms with Gasteiger partial charge in [0.15, 0.2) is 0 Å². The quantitative estimate of drug-likeness (QED) is 0.665. The first-order chi connectivity index (χ1) is 7.65. The smallest absolute Gasteiger partial charge is 0.224 e. The summed E-state index contributed by atoms with van der Waals surface area (Å²) in [5.74, 6) is -0.0814. The van der Waals surface area contributed by atoms with Gasteiger partial charge in [0.05, 0.1) is 13.0 Å². The van der Waals surface area contributed by atoms with Gasteiger partial charge in [-0.2, -0.15) is 0 Å². The minimum atomic E-state index is -0.198. The molecule has 1 rings (SSSR count). The number of aliphatic hydroxyl groups is 1. The van der Waals surface area contributed by atoms with Crippen molar-refractivity contribution < 1.29 is 9.90 Å². The lowest BCUT2D eigenvalue weighted by molar-refractivity contribution is -0.121. The highest BCUT2D eigenvalue weighted by atomic mass is 16.3. The first-order valence-electron chi connectivity index (χ1n) is 5.33. The maximum atomic E-state index is 11.5. The number of carbonyl (C=O) groups is 1. The second kappa shape index (κ2) is 6.25. The molecule has 0 aliphatic heterocycles. The first kappa shape index (κ1) is 12.7. The van der Waals surface area contributed by atoms with Crippen LogP contribution in [-0.4, -0.2) is 23.7 Å². The van der Waals surface area contributed by atoms with Gasteiger partial charge in [0.1, 0.15) is 0 Å². The van der Waals surface area contributed by atoms with Gasteiger partial charge >= 0.3 is 0 Å². The Labute approximate surface area is 95.5 Å². The Bertz CT molecular complexity index is 335. The van der Waals surface area contributed by atoms with Crippen molar-refractivity contribution in [1.29, 1.82) is 0 Å². The second-order valence-corrected chi connectivity index (χ2v) is 3.85. The highest BCUT2D eigenvalue weighted by Crippen LogP contribution is 2.04. The van der Waals surface area contributed by atoms with E-state index in [1.165, 1.54) is 0 Å². The van der Waals surface area contributed by atoms with E-state index in [1.54, 1.807) is 6.92 Å². The zero-order chi connectivity index (χ0) is 12.0. The van der Waals surface area contributed by atoms with Crippen LogP contribution in [0.4, 0.5) is 0 Å². The molecule has 4 N–H and O–H groups in total. The number of nitrogens with one attached hydrogen (secondary N) is 1. The summed E-state index contributed by atoms with van der Waals surface area (Å²) in [5.41, 5.74) is 7.47. The van der Waals surface area contributed by atoms with E-state index in [4.69, 9.17) is 10.8 Å². The number of benzene rings is 1. The predicted molar refractivity (Wildman–Crippen MR) is 62.7 cm³/mol. The van der Waals surface area contributed by atoms with E-state index in [2.05, 4.69) is 5.32 Å². The van der Waals surface area contributed by atoms with E-state index >= 15 is 0 Å². The van der Waals surface area contributed by atoms with Crippen LogP contribution in [0.2, 0.25) is 0 Å². The summed E-state index contributed by atoms with van der Waals surface area (Å²) in [4.78, 5) is 11.5. The molecule has 0 aromatic heterocycles. The Kier molecular flexibility index (Phi) is 4.95. The summed E-state index contributed by atoms with van der Waals surface area (Å²) >= 11 is 0. The molecule has 0 aliphatic rings. The largest absolute Gasteiger partial charge is 0.394 e. The molecule has 0 bridgehead atoms. The Morgan fingerprint density at radius 3 is 2.44 bits per heavy atom. The molecule has 4 nitrogen and oxygen atoms in total. The maximum Gasteiger partial charge on any atom is 0.224 e. The highest BCUT2D eigenvalue weighted by molar-refractivity contribution is 5.78. The lowest BCUT2D eigenvalue weighted by atomic mass is 10.1. The van der Waals surface area contributed by atoms with Crippen LogP contribution >= 0.6 is 0 Å². The van der Waals surface area contributed by atoms with Crippen molar-refractivity contribution in [2.75, 3.05) is 6.61 Å². The number of hydrogen-bond donors (Lipinski definition) is 3. The average Bonchev–Trinajstić information content (AvgIpc) is 2.29. The lowest BCUT2D eigenvalue weighted by Gasteiger charge is -2.10. The fraction of sp³-hybridized carbons (Fsp3) is 0.417. The van der Waals surface area contributed by atoms with Crippen LogP contribution in [0.25, 0.3) is 0 Å². The standard InChI is InChI=1S/C12H18N2O2/c1-9(8-15)14-12(16)6-10-2-4-11(7-13)5-3-10/h2-5,9,15H,6-8,13H2,1H3,(H,14,16)/t9-/m1/s1. The van der Waals surface area contributed by atoms with Crippen LogP contribution in [0.15, 0.2) is 24.3 Å². The molecule has 4 heteroatoms. The van der Waals surface area contributed by atoms with Crippen molar-refractivity contribution in [3.05, 3.63) is 35.4 Å². The van der Waals surface area contributed by atoms with Crippen molar-refractivity contribution in [2.45, 2.75) is 25.9 Å². The van der Waals surface area contributed by atoms with Crippen LogP contribution in [0, 0.1) is 0 Å². The van der Waals surface area contributed by atoms with E-state index in [9.17, 15) is 4.79 Å². The van der Waals surface area contributed by atoms with Crippen molar-refractivity contribution in [2.24, 2.45) is 5.73 Å². The molecule has 1 amide bonds. The third-order valence-corrected chi connectivity index (χ3v) is 2.30. The normalized spacial score (nSPS) is 12.2. The zero-order valence-electron chi connectivity index (χ0n) is 9.44. The molecule has 0 saturated heterocycles. The minimum absolute atomic E-state index is 0.0438. The average molecular weight is 222 g/mol. The molecular formula is C12H18N2O2. The van der Waals surface area contributed by atoms with Crippen LogP contribution in [-0.2, 0) is 17.8 Å². The molecule has 0 unspecified atom stereocenters. The second-order valence-electron chi connectivity index (χ2n) is 3.85. The van der Waals surface area contributed by atoms with Gasteiger partial charge in [0.2, 0.25) is 5.91 Å². The monoisotopic (exact) mass is 222 g/mol. The fourth-order valence-corrected chi connectivity index (χ4v) is 1.35. The van der Waals surface area contributed by atoms with Crippen molar-refractivity contribution >= 4 is 5.91 Å². The topological polar surface area (TPSA) is 75.3 Å². The van der Waals surface area contributed by atoms with Gasteiger partial charge in [-0.1, -0.05) is 24.3 Å². The molecule has 16 heavy (non-hydrogen) atoms. The van der Waals surface area contributed by atoms with Gasteiger partial charge < -0.3 is 16.2 Å². The van der Waals surface area contributed by atoms with E-state index in [-0.39, 0.29) is 18.6 Å². The van der Waals surface area contributed by atoms with Crippen LogP contribution < -0.4 is 11.1 Å². The van der Waals surface area contributed by atoms with E-state index in [0.29, 0.717) is 13.0 Å². The number of nitrogens with two attached hydrogens (primary N) is 1. The highest BCUT2D eigenvalue weighted by Gasteiger charge is 2.06. The summed E-state index contributed by atoms with van der Waals surface area (Å²) < 4.78 is 0. The number of rotatable bonds is 5. The van der Waals surface area contributed by atoms with E-state index < -0.39 is 0 Å². The molecule has 1 aromatic rings. The number of hydrogen-bond acceptors (Lipinski definition) is 3. The van der Waals surface area contributed by atoms with Crippen molar-refractivity contribution in [3.8, 4) is 0 Å². The minimum Gasteiger partial charge on any atom is -0.394 e. The molecule has 0 spiro atoms. The third-order valence-electron chi connectivity index (χ3n) is 2.30. The molecule has 0 radical (unpaired) electrons. The SMILES string of the molecule is C[C@H](CO)NC(=O)Cc1ccc(CN)cc1. The van der Waals surface area contributed by atoms with Crippen LogP contribution in [0.1, 0.15) is 18.1 Å². The third kappa shape index (κ3) is 4.00. The predicted octanol–water partition coefficient (Wildman–Crippen LogP) is 0.185. The summed E-state index contributed by atoms with van der Waals surface area (Å²) in [6.07, 6.45) is 0.329. The lowest BCUT2D eigenvalue weighted by Crippen LogP contribution is -2.35. The van der Waals surface area contributed by atoms with Gasteiger partial charge in [-0.15, -0.1) is 0 Å². The molecule has 0 aliphatic carbocycles. The summed E-state index contributed by atoms with van der Waals surface area (Å²) in [7, 11) is 0.